The van der Waals surface area contributed by atoms with Crippen LogP contribution in [-0.4, -0.2) is 23.1 Å². The standard InChI is InChI=1S/C20H20ClN3/c1-14-11-16(21)6-7-17(14)15-5-8-18-19(12-15)23-20(13-22-18)24-9-3-2-4-10-24/h5-8,11-13H,2-4,9-10H2,1H3. The van der Waals surface area contributed by atoms with E-state index in [1.165, 1.54) is 30.4 Å². The molecule has 0 atom stereocenters. The summed E-state index contributed by atoms with van der Waals surface area (Å²) in [5.74, 6) is 0.993. The van der Waals surface area contributed by atoms with Crippen molar-refractivity contribution >= 4 is 28.5 Å². The van der Waals surface area contributed by atoms with Gasteiger partial charge in [0.25, 0.3) is 0 Å². The van der Waals surface area contributed by atoms with Crippen LogP contribution in [-0.2, 0) is 0 Å². The van der Waals surface area contributed by atoms with E-state index < -0.39 is 0 Å². The van der Waals surface area contributed by atoms with E-state index in [-0.39, 0.29) is 0 Å². The Morgan fingerprint density at radius 1 is 0.958 bits per heavy atom. The maximum atomic E-state index is 6.08. The van der Waals surface area contributed by atoms with Crippen molar-refractivity contribution in [1.29, 1.82) is 0 Å². The van der Waals surface area contributed by atoms with Gasteiger partial charge in [-0.25, -0.2) is 4.98 Å². The largest absolute Gasteiger partial charge is 0.355 e. The molecule has 1 aliphatic heterocycles. The molecule has 24 heavy (non-hydrogen) atoms. The molecule has 0 aliphatic carbocycles. The molecule has 4 heteroatoms. The average molecular weight is 338 g/mol. The van der Waals surface area contributed by atoms with E-state index in [9.17, 15) is 0 Å². The van der Waals surface area contributed by atoms with Gasteiger partial charge in [0.1, 0.15) is 5.82 Å². The smallest absolute Gasteiger partial charge is 0.147 e. The molecule has 3 nitrogen and oxygen atoms in total. The molecule has 0 bridgehead atoms. The first kappa shape index (κ1) is 15.4. The summed E-state index contributed by atoms with van der Waals surface area (Å²) in [6.45, 7) is 4.24. The quantitative estimate of drug-likeness (QED) is 0.639. The zero-order valence-electron chi connectivity index (χ0n) is 13.8. The van der Waals surface area contributed by atoms with Crippen LogP contribution in [0.1, 0.15) is 24.8 Å². The summed E-state index contributed by atoms with van der Waals surface area (Å²) in [6.07, 6.45) is 5.70. The van der Waals surface area contributed by atoms with Gasteiger partial charge in [-0.1, -0.05) is 23.7 Å². The molecule has 1 aliphatic rings. The van der Waals surface area contributed by atoms with E-state index in [1.807, 2.05) is 24.4 Å². The van der Waals surface area contributed by atoms with Crippen molar-refractivity contribution in [3.8, 4) is 11.1 Å². The molecule has 122 valence electrons. The molecule has 3 aromatic rings. The number of aromatic nitrogens is 2. The van der Waals surface area contributed by atoms with Gasteiger partial charge < -0.3 is 4.90 Å². The number of benzene rings is 2. The summed E-state index contributed by atoms with van der Waals surface area (Å²) in [5, 5.41) is 0.768. The third-order valence-corrected chi connectivity index (χ3v) is 4.94. The van der Waals surface area contributed by atoms with E-state index in [1.54, 1.807) is 0 Å². The van der Waals surface area contributed by atoms with Crippen molar-refractivity contribution in [2.24, 2.45) is 0 Å². The fourth-order valence-electron chi connectivity index (χ4n) is 3.40. The van der Waals surface area contributed by atoms with E-state index in [0.717, 1.165) is 40.5 Å². The minimum Gasteiger partial charge on any atom is -0.355 e. The molecule has 4 rings (SSSR count). The molecular formula is C20H20ClN3. The molecule has 1 saturated heterocycles. The fourth-order valence-corrected chi connectivity index (χ4v) is 3.62. The summed E-state index contributed by atoms with van der Waals surface area (Å²) < 4.78 is 0. The van der Waals surface area contributed by atoms with Crippen molar-refractivity contribution in [3.63, 3.8) is 0 Å². The summed E-state index contributed by atoms with van der Waals surface area (Å²) in [4.78, 5) is 11.8. The van der Waals surface area contributed by atoms with Crippen LogP contribution in [0.4, 0.5) is 5.82 Å². The van der Waals surface area contributed by atoms with Crippen molar-refractivity contribution in [2.75, 3.05) is 18.0 Å². The Hall–Kier alpha value is -2.13. The number of anilines is 1. The number of nitrogens with zero attached hydrogens (tertiary/aromatic N) is 3. The molecule has 0 radical (unpaired) electrons. The first-order valence-corrected chi connectivity index (χ1v) is 8.87. The fraction of sp³-hybridized carbons (Fsp3) is 0.300. The first-order valence-electron chi connectivity index (χ1n) is 8.49. The predicted molar refractivity (Wildman–Crippen MR) is 101 cm³/mol. The maximum absolute atomic E-state index is 6.08. The second-order valence-electron chi connectivity index (χ2n) is 6.44. The molecule has 0 N–H and O–H groups in total. The van der Waals surface area contributed by atoms with Gasteiger partial charge in [-0.2, -0.15) is 0 Å². The molecule has 0 amide bonds. The third-order valence-electron chi connectivity index (χ3n) is 4.71. The molecular weight excluding hydrogens is 318 g/mol. The Balaban J connectivity index is 1.75. The number of hydrogen-bond donors (Lipinski definition) is 0. The molecule has 2 aromatic carbocycles. The van der Waals surface area contributed by atoms with Crippen LogP contribution in [0, 0.1) is 6.92 Å². The number of piperidine rings is 1. The molecule has 0 unspecified atom stereocenters. The highest BCUT2D eigenvalue weighted by molar-refractivity contribution is 6.30. The van der Waals surface area contributed by atoms with Crippen molar-refractivity contribution in [3.05, 3.63) is 53.2 Å². The third kappa shape index (κ3) is 2.96. The molecule has 1 fully saturated rings. The van der Waals surface area contributed by atoms with Gasteiger partial charge in [0.05, 0.1) is 17.2 Å². The lowest BCUT2D eigenvalue weighted by atomic mass is 10.0. The van der Waals surface area contributed by atoms with Crippen LogP contribution in [0.5, 0.6) is 0 Å². The Morgan fingerprint density at radius 2 is 1.79 bits per heavy atom. The lowest BCUT2D eigenvalue weighted by Crippen LogP contribution is -2.30. The van der Waals surface area contributed by atoms with E-state index in [4.69, 9.17) is 16.6 Å². The topological polar surface area (TPSA) is 29.0 Å². The van der Waals surface area contributed by atoms with Crippen LogP contribution in [0.3, 0.4) is 0 Å². The van der Waals surface area contributed by atoms with E-state index in [0.29, 0.717) is 0 Å². The van der Waals surface area contributed by atoms with Crippen LogP contribution >= 0.6 is 11.6 Å². The SMILES string of the molecule is Cc1cc(Cl)ccc1-c1ccc2ncc(N3CCCCC3)nc2c1. The summed E-state index contributed by atoms with van der Waals surface area (Å²) in [7, 11) is 0. The Bertz CT molecular complexity index is 885. The second kappa shape index (κ2) is 6.40. The molecule has 0 saturated carbocycles. The van der Waals surface area contributed by atoms with Crippen LogP contribution in [0.2, 0.25) is 5.02 Å². The highest BCUT2D eigenvalue weighted by atomic mass is 35.5. The minimum atomic E-state index is 0.768. The minimum absolute atomic E-state index is 0.768. The highest BCUT2D eigenvalue weighted by Crippen LogP contribution is 2.28. The van der Waals surface area contributed by atoms with E-state index >= 15 is 0 Å². The molecule has 2 heterocycles. The van der Waals surface area contributed by atoms with Crippen LogP contribution in [0.15, 0.2) is 42.6 Å². The monoisotopic (exact) mass is 337 g/mol. The van der Waals surface area contributed by atoms with Crippen molar-refractivity contribution in [1.82, 2.24) is 9.97 Å². The number of aryl methyl sites for hydroxylation is 1. The maximum Gasteiger partial charge on any atom is 0.147 e. The predicted octanol–water partition coefficient (Wildman–Crippen LogP) is 5.25. The van der Waals surface area contributed by atoms with Gasteiger partial charge in [-0.15, -0.1) is 0 Å². The molecule has 0 spiro atoms. The number of rotatable bonds is 2. The number of fused-ring (bicyclic) bond motifs is 1. The zero-order valence-corrected chi connectivity index (χ0v) is 14.6. The Labute approximate surface area is 147 Å². The summed E-state index contributed by atoms with van der Waals surface area (Å²) in [5.41, 5.74) is 5.39. The lowest BCUT2D eigenvalue weighted by molar-refractivity contribution is 0.573. The van der Waals surface area contributed by atoms with Gasteiger partial charge >= 0.3 is 0 Å². The van der Waals surface area contributed by atoms with Crippen LogP contribution in [0.25, 0.3) is 22.2 Å². The summed E-state index contributed by atoms with van der Waals surface area (Å²) in [6, 6.07) is 12.3. The average Bonchev–Trinajstić information content (AvgIpc) is 2.61. The second-order valence-corrected chi connectivity index (χ2v) is 6.88. The highest BCUT2D eigenvalue weighted by Gasteiger charge is 2.13. The summed E-state index contributed by atoms with van der Waals surface area (Å²) >= 11 is 6.08. The Kier molecular flexibility index (Phi) is 4.11. The van der Waals surface area contributed by atoms with Gasteiger partial charge in [-0.3, -0.25) is 4.98 Å². The normalized spacial score (nSPS) is 15.0. The van der Waals surface area contributed by atoms with Gasteiger partial charge in [0, 0.05) is 18.1 Å². The van der Waals surface area contributed by atoms with Crippen LogP contribution < -0.4 is 4.90 Å². The molecule has 1 aromatic heterocycles. The van der Waals surface area contributed by atoms with Crippen molar-refractivity contribution < 1.29 is 0 Å². The lowest BCUT2D eigenvalue weighted by Gasteiger charge is -2.27. The van der Waals surface area contributed by atoms with Gasteiger partial charge in [0.15, 0.2) is 0 Å². The first-order chi connectivity index (χ1) is 11.7. The number of hydrogen-bond acceptors (Lipinski definition) is 3. The van der Waals surface area contributed by atoms with Gasteiger partial charge in [0.2, 0.25) is 0 Å². The Morgan fingerprint density at radius 3 is 2.58 bits per heavy atom. The van der Waals surface area contributed by atoms with Crippen molar-refractivity contribution in [2.45, 2.75) is 26.2 Å². The zero-order chi connectivity index (χ0) is 16.5. The van der Waals surface area contributed by atoms with E-state index in [2.05, 4.69) is 35.0 Å². The number of halogens is 1. The van der Waals surface area contributed by atoms with Gasteiger partial charge in [-0.05, 0) is 67.1 Å².